The van der Waals surface area contributed by atoms with Gasteiger partial charge in [0.2, 0.25) is 0 Å². The molecule has 0 aliphatic rings. The van der Waals surface area contributed by atoms with E-state index in [0.29, 0.717) is 17.5 Å². The minimum Gasteiger partial charge on any atom is -0.455 e. The third-order valence-corrected chi connectivity index (χ3v) is 9.90. The van der Waals surface area contributed by atoms with Crippen LogP contribution in [0.25, 0.3) is 78.0 Å². The van der Waals surface area contributed by atoms with Gasteiger partial charge in [0.25, 0.3) is 0 Å². The molecule has 254 valence electrons. The molecule has 10 rings (SSSR count). The molecule has 0 bridgehead atoms. The molecule has 0 N–H and O–H groups in total. The van der Waals surface area contributed by atoms with Gasteiger partial charge in [0, 0.05) is 49.9 Å². The Balaban J connectivity index is 1.17. The normalized spacial score (nSPS) is 11.3. The Hall–Kier alpha value is -7.37. The van der Waals surface area contributed by atoms with Crippen molar-refractivity contribution in [1.29, 1.82) is 0 Å². The molecule has 0 radical (unpaired) electrons. The van der Waals surface area contributed by atoms with Crippen molar-refractivity contribution in [3.8, 4) is 45.3 Å². The summed E-state index contributed by atoms with van der Waals surface area (Å²) in [6.45, 7) is 0. The molecule has 0 spiro atoms. The summed E-state index contributed by atoms with van der Waals surface area (Å²) in [5.74, 6) is 1.87. The molecule has 5 heteroatoms. The van der Waals surface area contributed by atoms with Crippen LogP contribution in [0.15, 0.2) is 199 Å². The van der Waals surface area contributed by atoms with Crippen molar-refractivity contribution in [1.82, 2.24) is 15.0 Å². The third kappa shape index (κ3) is 5.65. The lowest BCUT2D eigenvalue weighted by Crippen LogP contribution is -2.09. The molecule has 0 saturated heterocycles. The van der Waals surface area contributed by atoms with Gasteiger partial charge in [-0.05, 0) is 77.2 Å². The minimum absolute atomic E-state index is 0.608. The maximum absolute atomic E-state index is 6.56. The van der Waals surface area contributed by atoms with Crippen LogP contribution in [-0.2, 0) is 0 Å². The van der Waals surface area contributed by atoms with Gasteiger partial charge in [-0.25, -0.2) is 15.0 Å². The zero-order valence-electron chi connectivity index (χ0n) is 29.2. The highest BCUT2D eigenvalue weighted by Crippen LogP contribution is 2.42. The number of hydrogen-bond donors (Lipinski definition) is 0. The number of fused-ring (bicyclic) bond motifs is 5. The molecule has 54 heavy (non-hydrogen) atoms. The summed E-state index contributed by atoms with van der Waals surface area (Å²) in [6.07, 6.45) is 0. The van der Waals surface area contributed by atoms with Crippen LogP contribution in [0.1, 0.15) is 0 Å². The van der Waals surface area contributed by atoms with Crippen LogP contribution in [0.3, 0.4) is 0 Å². The maximum atomic E-state index is 6.56. The summed E-state index contributed by atoms with van der Waals surface area (Å²) in [4.78, 5) is 17.3. The number of benzene rings is 8. The van der Waals surface area contributed by atoms with Gasteiger partial charge in [0.1, 0.15) is 11.2 Å². The highest BCUT2D eigenvalue weighted by atomic mass is 16.3. The zero-order chi connectivity index (χ0) is 35.8. The fraction of sp³-hybridized carbons (Fsp3) is 0. The topological polar surface area (TPSA) is 55.1 Å². The van der Waals surface area contributed by atoms with Gasteiger partial charge in [-0.15, -0.1) is 0 Å². The Kier molecular flexibility index (Phi) is 7.73. The third-order valence-electron chi connectivity index (χ3n) is 9.90. The first kappa shape index (κ1) is 31.4. The molecule has 0 fully saturated rings. The Morgan fingerprint density at radius 2 is 0.815 bits per heavy atom. The first-order chi connectivity index (χ1) is 26.8. The maximum Gasteiger partial charge on any atom is 0.164 e. The molecular weight excluding hydrogens is 661 g/mol. The van der Waals surface area contributed by atoms with E-state index in [1.165, 1.54) is 0 Å². The average Bonchev–Trinajstić information content (AvgIpc) is 3.64. The quantitative estimate of drug-likeness (QED) is 0.166. The second-order valence-electron chi connectivity index (χ2n) is 13.3. The number of nitrogens with zero attached hydrogens (tertiary/aromatic N) is 4. The van der Waals surface area contributed by atoms with Crippen molar-refractivity contribution in [2.24, 2.45) is 0 Å². The van der Waals surface area contributed by atoms with Gasteiger partial charge in [0.05, 0.1) is 0 Å². The summed E-state index contributed by atoms with van der Waals surface area (Å²) < 4.78 is 6.56. The summed E-state index contributed by atoms with van der Waals surface area (Å²) in [5.41, 5.74) is 9.96. The Bertz CT molecular complexity index is 2810. The molecule has 0 aliphatic carbocycles. The number of hydrogen-bond acceptors (Lipinski definition) is 5. The van der Waals surface area contributed by atoms with Crippen LogP contribution in [0, 0.1) is 0 Å². The molecule has 0 saturated carbocycles. The van der Waals surface area contributed by atoms with Crippen LogP contribution in [-0.4, -0.2) is 15.0 Å². The molecule has 0 aliphatic heterocycles. The van der Waals surface area contributed by atoms with Crippen LogP contribution < -0.4 is 4.90 Å². The Morgan fingerprint density at radius 1 is 0.333 bits per heavy atom. The lowest BCUT2D eigenvalue weighted by molar-refractivity contribution is 0.672. The van der Waals surface area contributed by atoms with E-state index in [-0.39, 0.29) is 0 Å². The van der Waals surface area contributed by atoms with Gasteiger partial charge in [-0.2, -0.15) is 0 Å². The molecule has 0 amide bonds. The Morgan fingerprint density at radius 3 is 1.41 bits per heavy atom. The van der Waals surface area contributed by atoms with E-state index in [2.05, 4.69) is 114 Å². The number of para-hydroxylation sites is 3. The first-order valence-corrected chi connectivity index (χ1v) is 18.0. The van der Waals surface area contributed by atoms with Crippen molar-refractivity contribution in [3.05, 3.63) is 194 Å². The van der Waals surface area contributed by atoms with Crippen LogP contribution >= 0.6 is 0 Å². The zero-order valence-corrected chi connectivity index (χ0v) is 29.2. The highest BCUT2D eigenvalue weighted by Gasteiger charge is 2.19. The number of anilines is 3. The summed E-state index contributed by atoms with van der Waals surface area (Å²) >= 11 is 0. The molecule has 5 nitrogen and oxygen atoms in total. The first-order valence-electron chi connectivity index (χ1n) is 18.0. The van der Waals surface area contributed by atoms with E-state index >= 15 is 0 Å². The summed E-state index contributed by atoms with van der Waals surface area (Å²) in [5, 5.41) is 4.26. The smallest absolute Gasteiger partial charge is 0.164 e. The van der Waals surface area contributed by atoms with Crippen molar-refractivity contribution in [2.75, 3.05) is 4.90 Å². The molecule has 2 heterocycles. The Labute approximate surface area is 312 Å². The molecule has 2 aromatic heterocycles. The van der Waals surface area contributed by atoms with E-state index in [4.69, 9.17) is 19.4 Å². The lowest BCUT2D eigenvalue weighted by atomic mass is 9.93. The van der Waals surface area contributed by atoms with Crippen molar-refractivity contribution in [3.63, 3.8) is 0 Å². The van der Waals surface area contributed by atoms with Gasteiger partial charge in [-0.1, -0.05) is 133 Å². The highest BCUT2D eigenvalue weighted by molar-refractivity contribution is 6.19. The number of aromatic nitrogens is 3. The van der Waals surface area contributed by atoms with Crippen molar-refractivity contribution in [2.45, 2.75) is 0 Å². The SMILES string of the molecule is c1ccc(-c2nc(-c3ccccc3)nc(-c3ccc4c(c3)c(-c3ccc(N(c5ccccc5)c5ccccc5)cc3)cc3c5ccccc5oc43)n2)cc1. The molecule has 0 unspecified atom stereocenters. The van der Waals surface area contributed by atoms with Crippen molar-refractivity contribution >= 4 is 49.8 Å². The van der Waals surface area contributed by atoms with E-state index in [1.54, 1.807) is 0 Å². The summed E-state index contributed by atoms with van der Waals surface area (Å²) in [7, 11) is 0. The second-order valence-corrected chi connectivity index (χ2v) is 13.3. The molecular formula is C49H32N4O. The standard InChI is InChI=1S/C49H32N4O/c1-5-15-34(16-6-1)47-50-48(35-17-7-2-8-18-35)52-49(51-47)36-27-30-41-43(31-36)42(32-44-40-23-13-14-24-45(40)54-46(41)44)33-25-28-39(29-26-33)53(37-19-9-3-10-20-37)38-21-11-4-12-22-38/h1-32H. The fourth-order valence-electron chi connectivity index (χ4n) is 7.30. The van der Waals surface area contributed by atoms with E-state index in [9.17, 15) is 0 Å². The average molecular weight is 693 g/mol. The molecule has 8 aromatic carbocycles. The fourth-order valence-corrected chi connectivity index (χ4v) is 7.30. The monoisotopic (exact) mass is 692 g/mol. The predicted molar refractivity (Wildman–Crippen MR) is 221 cm³/mol. The van der Waals surface area contributed by atoms with E-state index in [1.807, 2.05) is 84.9 Å². The van der Waals surface area contributed by atoms with Gasteiger partial charge < -0.3 is 9.32 Å². The van der Waals surface area contributed by atoms with Gasteiger partial charge in [0.15, 0.2) is 17.5 Å². The van der Waals surface area contributed by atoms with Crippen LogP contribution in [0.2, 0.25) is 0 Å². The molecule has 0 atom stereocenters. The van der Waals surface area contributed by atoms with Crippen molar-refractivity contribution < 1.29 is 4.42 Å². The lowest BCUT2D eigenvalue weighted by Gasteiger charge is -2.25. The van der Waals surface area contributed by atoms with Gasteiger partial charge in [-0.3, -0.25) is 0 Å². The number of furan rings is 1. The largest absolute Gasteiger partial charge is 0.455 e. The second kappa shape index (κ2) is 13.3. The summed E-state index contributed by atoms with van der Waals surface area (Å²) in [6, 6.07) is 66.9. The van der Waals surface area contributed by atoms with E-state index < -0.39 is 0 Å². The van der Waals surface area contributed by atoms with Gasteiger partial charge >= 0.3 is 0 Å². The number of rotatable bonds is 7. The van der Waals surface area contributed by atoms with Crippen LogP contribution in [0.5, 0.6) is 0 Å². The van der Waals surface area contributed by atoms with Crippen LogP contribution in [0.4, 0.5) is 17.1 Å². The molecule has 10 aromatic rings. The minimum atomic E-state index is 0.608. The predicted octanol–water partition coefficient (Wildman–Crippen LogP) is 13.1. The van der Waals surface area contributed by atoms with E-state index in [0.717, 1.165) is 77.6 Å².